The van der Waals surface area contributed by atoms with E-state index >= 15 is 0 Å². The van der Waals surface area contributed by atoms with Crippen LogP contribution in [0.1, 0.15) is 12.8 Å². The lowest BCUT2D eigenvalue weighted by Gasteiger charge is -2.31. The van der Waals surface area contributed by atoms with E-state index in [1.807, 2.05) is 10.6 Å². The van der Waals surface area contributed by atoms with Gasteiger partial charge in [-0.2, -0.15) is 9.61 Å². The summed E-state index contributed by atoms with van der Waals surface area (Å²) in [5.41, 5.74) is 2.52. The minimum Gasteiger partial charge on any atom is -0.393 e. The number of rotatable bonds is 2. The zero-order valence-corrected chi connectivity index (χ0v) is 12.6. The molecule has 1 saturated heterocycles. The number of aromatic nitrogens is 3. The monoisotopic (exact) mass is 312 g/mol. The van der Waals surface area contributed by atoms with Gasteiger partial charge >= 0.3 is 0 Å². The van der Waals surface area contributed by atoms with E-state index in [0.717, 1.165) is 48.5 Å². The number of fused-ring (bicyclic) bond motifs is 1. The molecule has 1 aliphatic rings. The molecule has 3 heterocycles. The van der Waals surface area contributed by atoms with Crippen LogP contribution in [-0.2, 0) is 0 Å². The Balaban J connectivity index is 1.76. The van der Waals surface area contributed by atoms with Crippen LogP contribution >= 0.6 is 0 Å². The number of nitrogens with zero attached hydrogens (tertiary/aromatic N) is 4. The highest BCUT2D eigenvalue weighted by Gasteiger charge is 2.20. The lowest BCUT2D eigenvalue weighted by molar-refractivity contribution is 0.145. The zero-order valence-electron chi connectivity index (χ0n) is 12.6. The van der Waals surface area contributed by atoms with Crippen molar-refractivity contribution in [2.45, 2.75) is 18.9 Å². The Morgan fingerprint density at radius 3 is 2.57 bits per heavy atom. The summed E-state index contributed by atoms with van der Waals surface area (Å²) in [4.78, 5) is 6.65. The molecule has 0 amide bonds. The summed E-state index contributed by atoms with van der Waals surface area (Å²) >= 11 is 0. The van der Waals surface area contributed by atoms with E-state index in [0.29, 0.717) is 0 Å². The van der Waals surface area contributed by atoms with Crippen LogP contribution in [0.5, 0.6) is 0 Å². The molecule has 6 heteroatoms. The first-order valence-electron chi connectivity index (χ1n) is 7.74. The smallest absolute Gasteiger partial charge is 0.165 e. The highest BCUT2D eigenvalue weighted by molar-refractivity contribution is 5.77. The summed E-state index contributed by atoms with van der Waals surface area (Å²) in [6, 6.07) is 8.28. The van der Waals surface area contributed by atoms with Crippen molar-refractivity contribution in [2.75, 3.05) is 18.0 Å². The first-order valence-corrected chi connectivity index (χ1v) is 7.74. The minimum atomic E-state index is -0.259. The summed E-state index contributed by atoms with van der Waals surface area (Å²) in [7, 11) is 0. The van der Waals surface area contributed by atoms with Gasteiger partial charge in [-0.15, -0.1) is 0 Å². The average Bonchev–Trinajstić information content (AvgIpc) is 3.00. The molecule has 23 heavy (non-hydrogen) atoms. The summed E-state index contributed by atoms with van der Waals surface area (Å²) in [5, 5.41) is 14.1. The molecule has 2 aromatic heterocycles. The predicted octanol–water partition coefficient (Wildman–Crippen LogP) is 2.50. The van der Waals surface area contributed by atoms with Crippen molar-refractivity contribution in [3.63, 3.8) is 0 Å². The van der Waals surface area contributed by atoms with Gasteiger partial charge in [0.2, 0.25) is 0 Å². The maximum atomic E-state index is 13.1. The number of anilines is 1. The van der Waals surface area contributed by atoms with Crippen molar-refractivity contribution >= 4 is 11.5 Å². The summed E-state index contributed by atoms with van der Waals surface area (Å²) in [6.45, 7) is 1.60. The SMILES string of the molecule is OC1CCN(c2ccnc3c(-c4ccc(F)cc4)cnn23)CC1. The molecule has 0 atom stereocenters. The molecule has 4 rings (SSSR count). The van der Waals surface area contributed by atoms with Crippen LogP contribution in [0.2, 0.25) is 0 Å². The van der Waals surface area contributed by atoms with E-state index in [2.05, 4.69) is 15.0 Å². The molecular weight excluding hydrogens is 295 g/mol. The molecule has 0 spiro atoms. The molecule has 0 bridgehead atoms. The van der Waals surface area contributed by atoms with Gasteiger partial charge in [0.15, 0.2) is 5.65 Å². The van der Waals surface area contributed by atoms with E-state index in [1.165, 1.54) is 12.1 Å². The maximum Gasteiger partial charge on any atom is 0.165 e. The highest BCUT2D eigenvalue weighted by atomic mass is 19.1. The Kier molecular flexibility index (Phi) is 3.46. The second-order valence-corrected chi connectivity index (χ2v) is 5.82. The van der Waals surface area contributed by atoms with Crippen molar-refractivity contribution in [3.8, 4) is 11.1 Å². The molecular formula is C17H17FN4O. The number of benzene rings is 1. The fourth-order valence-corrected chi connectivity index (χ4v) is 3.05. The minimum absolute atomic E-state index is 0.212. The van der Waals surface area contributed by atoms with Crippen LogP contribution in [0.15, 0.2) is 42.7 Å². The second-order valence-electron chi connectivity index (χ2n) is 5.82. The quantitative estimate of drug-likeness (QED) is 0.790. The zero-order chi connectivity index (χ0) is 15.8. The van der Waals surface area contributed by atoms with Crippen molar-refractivity contribution in [1.82, 2.24) is 14.6 Å². The number of piperidine rings is 1. The number of hydrogen-bond acceptors (Lipinski definition) is 4. The molecule has 118 valence electrons. The van der Waals surface area contributed by atoms with Crippen LogP contribution in [0.25, 0.3) is 16.8 Å². The Hall–Kier alpha value is -2.47. The van der Waals surface area contributed by atoms with Gasteiger partial charge in [0, 0.05) is 24.8 Å². The van der Waals surface area contributed by atoms with Crippen LogP contribution in [0, 0.1) is 5.82 Å². The number of aliphatic hydroxyl groups is 1. The normalized spacial score (nSPS) is 16.2. The third-order valence-electron chi connectivity index (χ3n) is 4.32. The van der Waals surface area contributed by atoms with E-state index in [1.54, 1.807) is 24.5 Å². The third kappa shape index (κ3) is 2.55. The van der Waals surface area contributed by atoms with Gasteiger partial charge in [-0.05, 0) is 36.6 Å². The Bertz CT molecular complexity index is 822. The lowest BCUT2D eigenvalue weighted by atomic mass is 10.1. The molecule has 1 aromatic carbocycles. The topological polar surface area (TPSA) is 53.7 Å². The highest BCUT2D eigenvalue weighted by Crippen LogP contribution is 2.27. The fourth-order valence-electron chi connectivity index (χ4n) is 3.05. The van der Waals surface area contributed by atoms with E-state index in [-0.39, 0.29) is 11.9 Å². The van der Waals surface area contributed by atoms with Gasteiger partial charge < -0.3 is 10.0 Å². The Morgan fingerprint density at radius 1 is 1.09 bits per heavy atom. The molecule has 3 aromatic rings. The largest absolute Gasteiger partial charge is 0.393 e. The molecule has 0 saturated carbocycles. The van der Waals surface area contributed by atoms with Crippen molar-refractivity contribution < 1.29 is 9.50 Å². The van der Waals surface area contributed by atoms with Crippen LogP contribution < -0.4 is 4.90 Å². The van der Waals surface area contributed by atoms with Crippen molar-refractivity contribution in [3.05, 3.63) is 48.5 Å². The predicted molar refractivity (Wildman–Crippen MR) is 85.8 cm³/mol. The van der Waals surface area contributed by atoms with Gasteiger partial charge in [0.25, 0.3) is 0 Å². The Morgan fingerprint density at radius 2 is 1.83 bits per heavy atom. The molecule has 0 radical (unpaired) electrons. The van der Waals surface area contributed by atoms with Gasteiger partial charge in [0.05, 0.1) is 12.3 Å². The number of halogens is 1. The lowest BCUT2D eigenvalue weighted by Crippen LogP contribution is -2.36. The molecule has 1 aliphatic heterocycles. The van der Waals surface area contributed by atoms with Crippen LogP contribution in [0.3, 0.4) is 0 Å². The van der Waals surface area contributed by atoms with Crippen LogP contribution in [0.4, 0.5) is 10.2 Å². The Labute approximate surface area is 133 Å². The van der Waals surface area contributed by atoms with Crippen LogP contribution in [-0.4, -0.2) is 38.9 Å². The van der Waals surface area contributed by atoms with Crippen molar-refractivity contribution in [2.24, 2.45) is 0 Å². The molecule has 0 aliphatic carbocycles. The summed E-state index contributed by atoms with van der Waals surface area (Å²) < 4.78 is 14.9. The molecule has 5 nitrogen and oxygen atoms in total. The summed E-state index contributed by atoms with van der Waals surface area (Å²) in [6.07, 6.45) is 4.84. The first-order chi connectivity index (χ1) is 11.2. The molecule has 1 N–H and O–H groups in total. The summed E-state index contributed by atoms with van der Waals surface area (Å²) in [5.74, 6) is 0.709. The second kappa shape index (κ2) is 5.62. The van der Waals surface area contributed by atoms with Gasteiger partial charge in [0.1, 0.15) is 11.6 Å². The van der Waals surface area contributed by atoms with Gasteiger partial charge in [-0.1, -0.05) is 12.1 Å². The number of aliphatic hydroxyl groups excluding tert-OH is 1. The van der Waals surface area contributed by atoms with E-state index < -0.39 is 0 Å². The van der Waals surface area contributed by atoms with E-state index in [4.69, 9.17) is 0 Å². The fraction of sp³-hybridized carbons (Fsp3) is 0.294. The standard InChI is InChI=1S/C17H17FN4O/c18-13-3-1-12(2-4-13)15-11-20-22-16(5-8-19-17(15)22)21-9-6-14(23)7-10-21/h1-5,8,11,14,23H,6-7,9-10H2. The van der Waals surface area contributed by atoms with Gasteiger partial charge in [-0.25, -0.2) is 9.37 Å². The first kappa shape index (κ1) is 14.1. The van der Waals surface area contributed by atoms with E-state index in [9.17, 15) is 9.50 Å². The average molecular weight is 312 g/mol. The maximum absolute atomic E-state index is 13.1. The molecule has 0 unspecified atom stereocenters. The van der Waals surface area contributed by atoms with Gasteiger partial charge in [-0.3, -0.25) is 0 Å². The third-order valence-corrected chi connectivity index (χ3v) is 4.32. The molecule has 1 fully saturated rings. The van der Waals surface area contributed by atoms with Crippen molar-refractivity contribution in [1.29, 1.82) is 0 Å². The number of hydrogen-bond donors (Lipinski definition) is 1.